The van der Waals surface area contributed by atoms with Gasteiger partial charge < -0.3 is 0 Å². The van der Waals surface area contributed by atoms with E-state index in [0.717, 1.165) is 0 Å². The van der Waals surface area contributed by atoms with E-state index in [1.165, 1.54) is 0 Å². The lowest BCUT2D eigenvalue weighted by molar-refractivity contribution is 0.0247. The molecule has 0 atom stereocenters. The maximum Gasteiger partial charge on any atom is 0.357 e. The van der Waals surface area contributed by atoms with Gasteiger partial charge in [0, 0.05) is 0 Å². The summed E-state index contributed by atoms with van der Waals surface area (Å²) in [4.78, 5) is 0. The van der Waals surface area contributed by atoms with Gasteiger partial charge in [-0.25, -0.2) is 8.78 Å². The van der Waals surface area contributed by atoms with Crippen LogP contribution in [0.4, 0.5) is 30.7 Å². The molecule has 0 aliphatic rings. The molecule has 0 aliphatic carbocycles. The Labute approximate surface area is 62.0 Å². The monoisotopic (exact) mass is 194 g/mol. The molecule has 0 saturated heterocycles. The molecule has 0 fully saturated rings. The van der Waals surface area contributed by atoms with Crippen LogP contribution in [0.25, 0.3) is 0 Å². The zero-order chi connectivity index (χ0) is 9.94. The quantitative estimate of drug-likeness (QED) is 0.590. The molecule has 0 radical (unpaired) electrons. The largest absolute Gasteiger partial charge is 0.357 e. The third kappa shape index (κ3) is 1.99. The first kappa shape index (κ1) is 11.0. The lowest BCUT2D eigenvalue weighted by Crippen LogP contribution is -2.18. The first-order chi connectivity index (χ1) is 5.34. The molecule has 0 aromatic heterocycles. The van der Waals surface area contributed by atoms with Crippen LogP contribution in [0.1, 0.15) is 0 Å². The van der Waals surface area contributed by atoms with E-state index in [1.807, 2.05) is 0 Å². The van der Waals surface area contributed by atoms with Crippen LogP contribution in [0.3, 0.4) is 0 Å². The molecule has 0 heterocycles. The molecule has 0 spiro atoms. The SMILES string of the molecule is F/C=C(/F)C(F)(F)C(F)=C(F)F. The normalized spacial score (nSPS) is 13.1. The third-order valence-corrected chi connectivity index (χ3v) is 0.837. The number of hydrogen-bond acceptors (Lipinski definition) is 0. The maximum atomic E-state index is 11.9. The van der Waals surface area contributed by atoms with Crippen molar-refractivity contribution in [2.75, 3.05) is 0 Å². The Morgan fingerprint density at radius 2 is 1.42 bits per heavy atom. The van der Waals surface area contributed by atoms with Crippen molar-refractivity contribution in [3.8, 4) is 0 Å². The Morgan fingerprint density at radius 1 is 1.00 bits per heavy atom. The minimum absolute atomic E-state index is 1.29. The lowest BCUT2D eigenvalue weighted by atomic mass is 10.3. The van der Waals surface area contributed by atoms with Crippen molar-refractivity contribution in [2.45, 2.75) is 5.92 Å². The standard InChI is InChI=1S/C5HF7/c6-1-2(7)5(11,12)3(8)4(9)10/h1H/b2-1+. The van der Waals surface area contributed by atoms with Gasteiger partial charge in [-0.1, -0.05) is 0 Å². The predicted molar refractivity (Wildman–Crippen MR) is 25.6 cm³/mol. The van der Waals surface area contributed by atoms with E-state index in [4.69, 9.17) is 0 Å². The summed E-state index contributed by atoms with van der Waals surface area (Å²) in [7, 11) is 0. The molecule has 0 rings (SSSR count). The summed E-state index contributed by atoms with van der Waals surface area (Å²) >= 11 is 0. The number of halogens is 7. The Balaban J connectivity index is 5.00. The van der Waals surface area contributed by atoms with Gasteiger partial charge in [-0.15, -0.1) is 0 Å². The number of alkyl halides is 2. The van der Waals surface area contributed by atoms with Crippen molar-refractivity contribution in [3.05, 3.63) is 24.1 Å². The summed E-state index contributed by atoms with van der Waals surface area (Å²) in [5.74, 6) is -11.4. The highest BCUT2D eigenvalue weighted by atomic mass is 19.3. The molecular formula is C5HF7. The smallest absolute Gasteiger partial charge is 0.212 e. The van der Waals surface area contributed by atoms with Crippen molar-refractivity contribution in [1.29, 1.82) is 0 Å². The molecule has 0 aliphatic heterocycles. The van der Waals surface area contributed by atoms with Crippen molar-refractivity contribution < 1.29 is 30.7 Å². The average molecular weight is 194 g/mol. The Kier molecular flexibility index (Phi) is 3.29. The zero-order valence-electron chi connectivity index (χ0n) is 5.22. The first-order valence-corrected chi connectivity index (χ1v) is 2.39. The topological polar surface area (TPSA) is 0 Å². The lowest BCUT2D eigenvalue weighted by Gasteiger charge is -2.08. The second-order valence-corrected chi connectivity index (χ2v) is 1.61. The molecule has 0 nitrogen and oxygen atoms in total. The molecule has 12 heavy (non-hydrogen) atoms. The Hall–Kier alpha value is -1.01. The van der Waals surface area contributed by atoms with Crippen LogP contribution < -0.4 is 0 Å². The summed E-state index contributed by atoms with van der Waals surface area (Å²) in [5.41, 5.74) is 0. The van der Waals surface area contributed by atoms with E-state index >= 15 is 0 Å². The van der Waals surface area contributed by atoms with Crippen molar-refractivity contribution in [2.24, 2.45) is 0 Å². The highest BCUT2D eigenvalue weighted by Crippen LogP contribution is 2.36. The van der Waals surface area contributed by atoms with Crippen LogP contribution in [0.15, 0.2) is 24.1 Å². The second-order valence-electron chi connectivity index (χ2n) is 1.61. The fraction of sp³-hybridized carbons (Fsp3) is 0.200. The van der Waals surface area contributed by atoms with Gasteiger partial charge in [0.1, 0.15) is 6.33 Å². The van der Waals surface area contributed by atoms with Gasteiger partial charge in [-0.3, -0.25) is 0 Å². The molecule has 0 aromatic carbocycles. The van der Waals surface area contributed by atoms with Crippen molar-refractivity contribution >= 4 is 0 Å². The highest BCUT2D eigenvalue weighted by molar-refractivity contribution is 5.18. The molecule has 0 bridgehead atoms. The van der Waals surface area contributed by atoms with Crippen LogP contribution in [0.2, 0.25) is 0 Å². The second kappa shape index (κ2) is 3.59. The van der Waals surface area contributed by atoms with Crippen LogP contribution in [-0.4, -0.2) is 5.92 Å². The van der Waals surface area contributed by atoms with E-state index in [2.05, 4.69) is 0 Å². The molecule has 0 aromatic rings. The fourth-order valence-corrected chi connectivity index (χ4v) is 0.292. The fourth-order valence-electron chi connectivity index (χ4n) is 0.292. The summed E-state index contributed by atoms with van der Waals surface area (Å²) in [6.07, 6.45) is -4.68. The molecular weight excluding hydrogens is 193 g/mol. The van der Waals surface area contributed by atoms with Crippen LogP contribution in [0.5, 0.6) is 0 Å². The van der Waals surface area contributed by atoms with Gasteiger partial charge in [0.15, 0.2) is 0 Å². The van der Waals surface area contributed by atoms with E-state index in [1.54, 1.807) is 0 Å². The maximum absolute atomic E-state index is 11.9. The van der Waals surface area contributed by atoms with Gasteiger partial charge in [0.05, 0.1) is 0 Å². The van der Waals surface area contributed by atoms with Crippen molar-refractivity contribution in [3.63, 3.8) is 0 Å². The molecule has 0 amide bonds. The first-order valence-electron chi connectivity index (χ1n) is 2.39. The summed E-state index contributed by atoms with van der Waals surface area (Å²) in [5, 5.41) is 0. The minimum Gasteiger partial charge on any atom is -0.212 e. The molecule has 0 saturated carbocycles. The van der Waals surface area contributed by atoms with E-state index in [-0.39, 0.29) is 0 Å². The molecule has 70 valence electrons. The summed E-state index contributed by atoms with van der Waals surface area (Å²) < 4.78 is 80.4. The minimum atomic E-state index is -5.23. The average Bonchev–Trinajstić information content (AvgIpc) is 2.01. The van der Waals surface area contributed by atoms with Crippen LogP contribution in [0, 0.1) is 0 Å². The number of rotatable bonds is 2. The Bertz CT molecular complexity index is 222. The predicted octanol–water partition coefficient (Wildman–Crippen LogP) is 3.48. The highest BCUT2D eigenvalue weighted by Gasteiger charge is 2.44. The van der Waals surface area contributed by atoms with E-state index < -0.39 is 30.0 Å². The van der Waals surface area contributed by atoms with Gasteiger partial charge in [0.2, 0.25) is 11.7 Å². The molecule has 0 unspecified atom stereocenters. The van der Waals surface area contributed by atoms with Gasteiger partial charge in [-0.05, 0) is 0 Å². The van der Waals surface area contributed by atoms with E-state index in [0.29, 0.717) is 0 Å². The summed E-state index contributed by atoms with van der Waals surface area (Å²) in [6, 6.07) is 0. The van der Waals surface area contributed by atoms with Gasteiger partial charge in [-0.2, -0.15) is 22.0 Å². The molecule has 0 N–H and O–H groups in total. The summed E-state index contributed by atoms with van der Waals surface area (Å²) in [6.45, 7) is 0. The number of allylic oxidation sites excluding steroid dienone is 2. The number of hydrogen-bond donors (Lipinski definition) is 0. The van der Waals surface area contributed by atoms with Crippen LogP contribution >= 0.6 is 0 Å². The van der Waals surface area contributed by atoms with Gasteiger partial charge >= 0.3 is 12.0 Å². The van der Waals surface area contributed by atoms with Gasteiger partial charge in [0.25, 0.3) is 0 Å². The third-order valence-electron chi connectivity index (χ3n) is 0.837. The van der Waals surface area contributed by atoms with Crippen LogP contribution in [-0.2, 0) is 0 Å². The zero-order valence-corrected chi connectivity index (χ0v) is 5.22. The molecule has 7 heteroatoms. The van der Waals surface area contributed by atoms with Crippen molar-refractivity contribution in [1.82, 2.24) is 0 Å². The Morgan fingerprint density at radius 3 is 1.67 bits per heavy atom. The van der Waals surface area contributed by atoms with E-state index in [9.17, 15) is 30.7 Å².